The van der Waals surface area contributed by atoms with Crippen molar-refractivity contribution in [3.8, 4) is 0 Å². The van der Waals surface area contributed by atoms with Gasteiger partial charge >= 0.3 is 0 Å². The number of thioether (sulfide) groups is 1. The summed E-state index contributed by atoms with van der Waals surface area (Å²) in [5.74, 6) is 0.723. The second-order valence-electron chi connectivity index (χ2n) is 3.41. The van der Waals surface area contributed by atoms with Crippen LogP contribution in [0.5, 0.6) is 0 Å². The van der Waals surface area contributed by atoms with Gasteiger partial charge in [-0.05, 0) is 12.1 Å². The van der Waals surface area contributed by atoms with Crippen LogP contribution >= 0.6 is 23.4 Å². The third-order valence-electron chi connectivity index (χ3n) is 2.26. The Bertz CT molecular complexity index is 448. The maximum atomic E-state index is 11.6. The predicted molar refractivity (Wildman–Crippen MR) is 65.5 cm³/mol. The van der Waals surface area contributed by atoms with Gasteiger partial charge in [0, 0.05) is 22.8 Å². The lowest BCUT2D eigenvalue weighted by Gasteiger charge is -2.16. The zero-order valence-corrected chi connectivity index (χ0v) is 10.0. The van der Waals surface area contributed by atoms with E-state index in [9.17, 15) is 9.59 Å². The standard InChI is InChI=1S/C11H10ClNO2S/c12-4-3-9(14)7-1-2-10-8(5-7)13-11(15)6-16-10/h1-2,5H,3-4,6H2,(H,13,15). The molecule has 0 saturated carbocycles. The van der Waals surface area contributed by atoms with E-state index < -0.39 is 0 Å². The van der Waals surface area contributed by atoms with Crippen LogP contribution in [0.4, 0.5) is 5.69 Å². The van der Waals surface area contributed by atoms with E-state index in [-0.39, 0.29) is 11.7 Å². The van der Waals surface area contributed by atoms with Crippen LogP contribution < -0.4 is 5.32 Å². The van der Waals surface area contributed by atoms with E-state index in [4.69, 9.17) is 11.6 Å². The lowest BCUT2D eigenvalue weighted by atomic mass is 10.1. The fourth-order valence-corrected chi connectivity index (χ4v) is 2.45. The maximum Gasteiger partial charge on any atom is 0.234 e. The van der Waals surface area contributed by atoms with E-state index in [1.807, 2.05) is 6.07 Å². The Balaban J connectivity index is 2.27. The molecule has 0 saturated heterocycles. The van der Waals surface area contributed by atoms with Crippen LogP contribution in [0.1, 0.15) is 16.8 Å². The number of amides is 1. The van der Waals surface area contributed by atoms with E-state index in [1.54, 1.807) is 12.1 Å². The predicted octanol–water partition coefficient (Wildman–Crippen LogP) is 2.54. The van der Waals surface area contributed by atoms with Crippen molar-refractivity contribution in [1.82, 2.24) is 0 Å². The molecule has 5 heteroatoms. The SMILES string of the molecule is O=C1CSc2ccc(C(=O)CCCl)cc2N1. The second kappa shape index (κ2) is 4.89. The molecule has 0 atom stereocenters. The highest BCUT2D eigenvalue weighted by Crippen LogP contribution is 2.32. The third-order valence-corrected chi connectivity index (χ3v) is 3.52. The molecule has 0 spiro atoms. The zero-order valence-electron chi connectivity index (χ0n) is 8.46. The van der Waals surface area contributed by atoms with Gasteiger partial charge in [-0.2, -0.15) is 0 Å². The Morgan fingerprint density at radius 2 is 2.31 bits per heavy atom. The minimum absolute atomic E-state index is 0.00243. The number of nitrogens with one attached hydrogen (secondary N) is 1. The monoisotopic (exact) mass is 255 g/mol. The summed E-state index contributed by atoms with van der Waals surface area (Å²) in [5.41, 5.74) is 1.32. The molecule has 0 radical (unpaired) electrons. The van der Waals surface area contributed by atoms with E-state index in [2.05, 4.69) is 5.32 Å². The summed E-state index contributed by atoms with van der Waals surface area (Å²) in [7, 11) is 0. The van der Waals surface area contributed by atoms with Crippen molar-refractivity contribution < 1.29 is 9.59 Å². The maximum absolute atomic E-state index is 11.6. The highest BCUT2D eigenvalue weighted by molar-refractivity contribution is 8.00. The van der Waals surface area contributed by atoms with Gasteiger partial charge in [0.15, 0.2) is 5.78 Å². The van der Waals surface area contributed by atoms with Gasteiger partial charge in [0.25, 0.3) is 0 Å². The molecule has 84 valence electrons. The molecule has 1 aliphatic rings. The number of carbonyl (C=O) groups is 2. The molecule has 1 aromatic rings. The minimum atomic E-state index is -0.0283. The molecule has 0 bridgehead atoms. The first kappa shape index (κ1) is 11.5. The van der Waals surface area contributed by atoms with Gasteiger partial charge in [0.05, 0.1) is 11.4 Å². The Morgan fingerprint density at radius 1 is 1.50 bits per heavy atom. The number of alkyl halides is 1. The summed E-state index contributed by atoms with van der Waals surface area (Å²) in [5, 5.41) is 2.75. The average molecular weight is 256 g/mol. The molecule has 0 aromatic heterocycles. The van der Waals surface area contributed by atoms with Crippen molar-refractivity contribution in [1.29, 1.82) is 0 Å². The number of hydrogen-bond donors (Lipinski definition) is 1. The van der Waals surface area contributed by atoms with Gasteiger partial charge in [-0.3, -0.25) is 9.59 Å². The molecule has 16 heavy (non-hydrogen) atoms. The third kappa shape index (κ3) is 2.39. The largest absolute Gasteiger partial charge is 0.324 e. The number of anilines is 1. The fraction of sp³-hybridized carbons (Fsp3) is 0.273. The van der Waals surface area contributed by atoms with Crippen molar-refractivity contribution in [2.45, 2.75) is 11.3 Å². The molecule has 0 fully saturated rings. The summed E-state index contributed by atoms with van der Waals surface area (Å²) >= 11 is 7.00. The highest BCUT2D eigenvalue weighted by Gasteiger charge is 2.16. The molecule has 2 rings (SSSR count). The molecule has 0 unspecified atom stereocenters. The molecule has 1 aliphatic heterocycles. The van der Waals surface area contributed by atoms with Gasteiger partial charge in [0.2, 0.25) is 5.91 Å². The molecular weight excluding hydrogens is 246 g/mol. The number of benzene rings is 1. The molecule has 1 amide bonds. The van der Waals surface area contributed by atoms with Crippen molar-refractivity contribution in [2.75, 3.05) is 16.9 Å². The molecule has 1 heterocycles. The van der Waals surface area contributed by atoms with Crippen LogP contribution in [0, 0.1) is 0 Å². The Labute approximate surface area is 103 Å². The van der Waals surface area contributed by atoms with Crippen LogP contribution in [0.2, 0.25) is 0 Å². The molecule has 3 nitrogen and oxygen atoms in total. The minimum Gasteiger partial charge on any atom is -0.324 e. The lowest BCUT2D eigenvalue weighted by molar-refractivity contribution is -0.113. The summed E-state index contributed by atoms with van der Waals surface area (Å²) in [6, 6.07) is 5.35. The number of rotatable bonds is 3. The molecule has 0 aliphatic carbocycles. The number of carbonyl (C=O) groups excluding carboxylic acids is 2. The first-order valence-electron chi connectivity index (χ1n) is 4.86. The molecular formula is C11H10ClNO2S. The van der Waals surface area contributed by atoms with E-state index in [0.29, 0.717) is 23.6 Å². The first-order chi connectivity index (χ1) is 7.70. The number of halogens is 1. The topological polar surface area (TPSA) is 46.2 Å². The van der Waals surface area contributed by atoms with Gasteiger partial charge in [0.1, 0.15) is 0 Å². The smallest absolute Gasteiger partial charge is 0.234 e. The Morgan fingerprint density at radius 3 is 3.06 bits per heavy atom. The number of hydrogen-bond acceptors (Lipinski definition) is 3. The summed E-state index contributed by atoms with van der Waals surface area (Å²) in [6.07, 6.45) is 0.321. The van der Waals surface area contributed by atoms with Crippen molar-refractivity contribution in [2.24, 2.45) is 0 Å². The average Bonchev–Trinajstić information content (AvgIpc) is 2.28. The first-order valence-corrected chi connectivity index (χ1v) is 6.38. The van der Waals surface area contributed by atoms with Gasteiger partial charge in [-0.25, -0.2) is 0 Å². The van der Waals surface area contributed by atoms with Crippen molar-refractivity contribution >= 4 is 40.7 Å². The van der Waals surface area contributed by atoms with E-state index in [1.165, 1.54) is 11.8 Å². The Kier molecular flexibility index (Phi) is 3.51. The highest BCUT2D eigenvalue weighted by atomic mass is 35.5. The summed E-state index contributed by atoms with van der Waals surface area (Å²) in [6.45, 7) is 0. The molecule has 1 N–H and O–H groups in total. The normalized spacial score (nSPS) is 14.2. The van der Waals surface area contributed by atoms with Crippen LogP contribution in [-0.4, -0.2) is 23.3 Å². The fourth-order valence-electron chi connectivity index (χ4n) is 1.49. The molecule has 1 aromatic carbocycles. The quantitative estimate of drug-likeness (QED) is 0.667. The number of fused-ring (bicyclic) bond motifs is 1. The van der Waals surface area contributed by atoms with E-state index in [0.717, 1.165) is 10.6 Å². The van der Waals surface area contributed by atoms with Crippen molar-refractivity contribution in [3.63, 3.8) is 0 Å². The van der Waals surface area contributed by atoms with Crippen LogP contribution in [-0.2, 0) is 4.79 Å². The summed E-state index contributed by atoms with van der Waals surface area (Å²) in [4.78, 5) is 23.8. The van der Waals surface area contributed by atoms with Crippen LogP contribution in [0.15, 0.2) is 23.1 Å². The van der Waals surface area contributed by atoms with Gasteiger partial charge in [-0.1, -0.05) is 6.07 Å². The van der Waals surface area contributed by atoms with Gasteiger partial charge in [-0.15, -0.1) is 23.4 Å². The van der Waals surface area contributed by atoms with Crippen molar-refractivity contribution in [3.05, 3.63) is 23.8 Å². The number of Topliss-reactive ketones (excluding diaryl/α,β-unsaturated/α-hetero) is 1. The summed E-state index contributed by atoms with van der Waals surface area (Å²) < 4.78 is 0. The Hall–Kier alpha value is -1.00. The van der Waals surface area contributed by atoms with Crippen LogP contribution in [0.25, 0.3) is 0 Å². The zero-order chi connectivity index (χ0) is 11.5. The lowest BCUT2D eigenvalue weighted by Crippen LogP contribution is -2.19. The van der Waals surface area contributed by atoms with E-state index >= 15 is 0 Å². The van der Waals surface area contributed by atoms with Crippen LogP contribution in [0.3, 0.4) is 0 Å². The number of ketones is 1. The van der Waals surface area contributed by atoms with Gasteiger partial charge < -0.3 is 5.32 Å². The second-order valence-corrected chi connectivity index (χ2v) is 4.81.